The fourth-order valence-electron chi connectivity index (χ4n) is 3.94. The summed E-state index contributed by atoms with van der Waals surface area (Å²) in [6, 6.07) is 19.8. The van der Waals surface area contributed by atoms with Crippen LogP contribution in [0.25, 0.3) is 0 Å². The maximum absolute atomic E-state index is 14.5. The molecule has 0 heterocycles. The molecule has 7 nitrogen and oxygen atoms in total. The number of nitrogens with zero attached hydrogens (tertiary/aromatic N) is 2. The average molecular weight is 540 g/mol. The van der Waals surface area contributed by atoms with Crippen molar-refractivity contribution in [3.8, 4) is 0 Å². The van der Waals surface area contributed by atoms with E-state index in [1.54, 1.807) is 43.3 Å². The summed E-state index contributed by atoms with van der Waals surface area (Å²) in [7, 11) is -4.13. The number of amides is 2. The first-order chi connectivity index (χ1) is 18.2. The first kappa shape index (κ1) is 28.8. The van der Waals surface area contributed by atoms with E-state index in [1.807, 2.05) is 26.0 Å². The number of halogens is 1. The Labute approximate surface area is 224 Å². The Balaban J connectivity index is 2.02. The lowest BCUT2D eigenvalue weighted by atomic mass is 10.1. The molecule has 3 aromatic rings. The largest absolute Gasteiger partial charge is 0.354 e. The van der Waals surface area contributed by atoms with Crippen LogP contribution in [0.4, 0.5) is 10.1 Å². The van der Waals surface area contributed by atoms with Gasteiger partial charge in [-0.15, -0.1) is 0 Å². The predicted molar refractivity (Wildman–Crippen MR) is 147 cm³/mol. The third-order valence-corrected chi connectivity index (χ3v) is 8.05. The van der Waals surface area contributed by atoms with Crippen molar-refractivity contribution in [3.05, 3.63) is 95.8 Å². The second kappa shape index (κ2) is 13.2. The first-order valence-electron chi connectivity index (χ1n) is 12.7. The van der Waals surface area contributed by atoms with Gasteiger partial charge in [-0.25, -0.2) is 12.8 Å². The Kier molecular flexibility index (Phi) is 10.0. The number of benzene rings is 3. The van der Waals surface area contributed by atoms with Gasteiger partial charge in [0.05, 0.1) is 10.6 Å². The van der Waals surface area contributed by atoms with Crippen LogP contribution in [0.5, 0.6) is 0 Å². The summed E-state index contributed by atoms with van der Waals surface area (Å²) < 4.78 is 43.0. The highest BCUT2D eigenvalue weighted by Gasteiger charge is 2.32. The van der Waals surface area contributed by atoms with E-state index in [2.05, 4.69) is 5.32 Å². The SMILES string of the molecule is CCCNC(=O)[C@H](C)N(Cc1ccccc1F)C(=O)CN(c1ccc(CC)cc1)S(=O)(=O)c1ccccc1. The van der Waals surface area contributed by atoms with Crippen molar-refractivity contribution in [2.24, 2.45) is 0 Å². The number of aryl methyl sites for hydroxylation is 1. The molecule has 9 heteroatoms. The van der Waals surface area contributed by atoms with Crippen molar-refractivity contribution >= 4 is 27.5 Å². The number of hydrogen-bond acceptors (Lipinski definition) is 4. The number of hydrogen-bond donors (Lipinski definition) is 1. The van der Waals surface area contributed by atoms with Crippen LogP contribution in [0.3, 0.4) is 0 Å². The van der Waals surface area contributed by atoms with Gasteiger partial charge in [-0.2, -0.15) is 0 Å². The Morgan fingerprint density at radius 1 is 0.921 bits per heavy atom. The number of anilines is 1. The molecule has 3 rings (SSSR count). The maximum Gasteiger partial charge on any atom is 0.264 e. The van der Waals surface area contributed by atoms with Crippen molar-refractivity contribution in [2.75, 3.05) is 17.4 Å². The lowest BCUT2D eigenvalue weighted by molar-refractivity contribution is -0.139. The highest BCUT2D eigenvalue weighted by molar-refractivity contribution is 7.92. The number of carbonyl (C=O) groups excluding carboxylic acids is 2. The minimum atomic E-state index is -4.13. The molecule has 38 heavy (non-hydrogen) atoms. The molecule has 0 bridgehead atoms. The highest BCUT2D eigenvalue weighted by Crippen LogP contribution is 2.25. The van der Waals surface area contributed by atoms with Crippen molar-refractivity contribution in [3.63, 3.8) is 0 Å². The van der Waals surface area contributed by atoms with Crippen molar-refractivity contribution in [2.45, 2.75) is 51.1 Å². The van der Waals surface area contributed by atoms with Crippen molar-refractivity contribution in [1.29, 1.82) is 0 Å². The summed E-state index contributed by atoms with van der Waals surface area (Å²) in [5, 5.41) is 2.76. The molecule has 0 aliphatic heterocycles. The summed E-state index contributed by atoms with van der Waals surface area (Å²) in [5.41, 5.74) is 1.55. The molecule has 1 N–H and O–H groups in total. The Bertz CT molecular complexity index is 1330. The molecule has 1 atom stereocenters. The molecule has 0 unspecified atom stereocenters. The van der Waals surface area contributed by atoms with E-state index in [-0.39, 0.29) is 17.0 Å². The van der Waals surface area contributed by atoms with Crippen molar-refractivity contribution < 1.29 is 22.4 Å². The average Bonchev–Trinajstić information content (AvgIpc) is 2.94. The summed E-state index contributed by atoms with van der Waals surface area (Å²) in [5.74, 6) is -1.55. The van der Waals surface area contributed by atoms with E-state index in [9.17, 15) is 22.4 Å². The minimum Gasteiger partial charge on any atom is -0.354 e. The smallest absolute Gasteiger partial charge is 0.264 e. The van der Waals surface area contributed by atoms with Gasteiger partial charge >= 0.3 is 0 Å². The molecule has 0 aliphatic rings. The van der Waals surface area contributed by atoms with Crippen LogP contribution >= 0.6 is 0 Å². The van der Waals surface area contributed by atoms with Crippen LogP contribution in [-0.4, -0.2) is 44.3 Å². The third-order valence-electron chi connectivity index (χ3n) is 6.26. The molecular weight excluding hydrogens is 505 g/mol. The molecule has 0 saturated heterocycles. The Morgan fingerprint density at radius 2 is 1.55 bits per heavy atom. The summed E-state index contributed by atoms with van der Waals surface area (Å²) in [6.07, 6.45) is 1.47. The van der Waals surface area contributed by atoms with E-state index in [1.165, 1.54) is 35.2 Å². The number of nitrogens with one attached hydrogen (secondary N) is 1. The van der Waals surface area contributed by atoms with Gasteiger partial charge in [0.2, 0.25) is 11.8 Å². The van der Waals surface area contributed by atoms with Gasteiger partial charge < -0.3 is 10.2 Å². The molecule has 0 radical (unpaired) electrons. The second-order valence-corrected chi connectivity index (χ2v) is 10.8. The first-order valence-corrected chi connectivity index (χ1v) is 14.1. The van der Waals surface area contributed by atoms with Crippen LogP contribution < -0.4 is 9.62 Å². The fraction of sp³-hybridized carbons (Fsp3) is 0.310. The van der Waals surface area contributed by atoms with E-state index in [0.717, 1.165) is 16.3 Å². The fourth-order valence-corrected chi connectivity index (χ4v) is 5.37. The van der Waals surface area contributed by atoms with Gasteiger partial charge in [0.25, 0.3) is 10.0 Å². The molecule has 202 valence electrons. The Hall–Kier alpha value is -3.72. The molecular formula is C29H34FN3O4S. The summed E-state index contributed by atoms with van der Waals surface area (Å²) in [4.78, 5) is 27.9. The highest BCUT2D eigenvalue weighted by atomic mass is 32.2. The van der Waals surface area contributed by atoms with Gasteiger partial charge in [-0.3, -0.25) is 13.9 Å². The van der Waals surface area contributed by atoms with Crippen LogP contribution in [0, 0.1) is 5.82 Å². The van der Waals surface area contributed by atoms with E-state index in [0.29, 0.717) is 18.7 Å². The van der Waals surface area contributed by atoms with Gasteiger partial charge in [-0.05, 0) is 55.7 Å². The molecule has 2 amide bonds. The standard InChI is InChI=1S/C29H34FN3O4S/c1-4-19-31-29(35)22(3)32(20-24-11-9-10-14-27(24)30)28(34)21-33(25-17-15-23(5-2)16-18-25)38(36,37)26-12-7-6-8-13-26/h6-18,22H,4-5,19-21H2,1-3H3,(H,31,35)/t22-/m0/s1. The topological polar surface area (TPSA) is 86.8 Å². The lowest BCUT2D eigenvalue weighted by Gasteiger charge is -2.32. The lowest BCUT2D eigenvalue weighted by Crippen LogP contribution is -2.51. The number of sulfonamides is 1. The van der Waals surface area contributed by atoms with Crippen LogP contribution in [0.1, 0.15) is 38.3 Å². The second-order valence-electron chi connectivity index (χ2n) is 8.92. The van der Waals surface area contributed by atoms with Gasteiger partial charge in [0.15, 0.2) is 0 Å². The predicted octanol–water partition coefficient (Wildman–Crippen LogP) is 4.53. The molecule has 0 aromatic heterocycles. The van der Waals surface area contributed by atoms with E-state index < -0.39 is 40.2 Å². The van der Waals surface area contributed by atoms with Crippen molar-refractivity contribution in [1.82, 2.24) is 10.2 Å². The molecule has 0 fully saturated rings. The van der Waals surface area contributed by atoms with E-state index >= 15 is 0 Å². The maximum atomic E-state index is 14.5. The Morgan fingerprint density at radius 3 is 2.16 bits per heavy atom. The minimum absolute atomic E-state index is 0.0294. The molecule has 0 aliphatic carbocycles. The molecule has 0 spiro atoms. The van der Waals surface area contributed by atoms with Crippen LogP contribution in [0.2, 0.25) is 0 Å². The monoisotopic (exact) mass is 539 g/mol. The summed E-state index contributed by atoms with van der Waals surface area (Å²) >= 11 is 0. The van der Waals surface area contributed by atoms with Gasteiger partial charge in [0.1, 0.15) is 18.4 Å². The number of rotatable bonds is 12. The molecule has 3 aromatic carbocycles. The zero-order valence-corrected chi connectivity index (χ0v) is 22.7. The summed E-state index contributed by atoms with van der Waals surface area (Å²) in [6.45, 7) is 5.10. The van der Waals surface area contributed by atoms with Crippen LogP contribution in [0.15, 0.2) is 83.8 Å². The normalized spacial score (nSPS) is 12.0. The van der Waals surface area contributed by atoms with Gasteiger partial charge in [-0.1, -0.05) is 62.4 Å². The van der Waals surface area contributed by atoms with Gasteiger partial charge in [0, 0.05) is 18.7 Å². The quantitative estimate of drug-likeness (QED) is 0.367. The van der Waals surface area contributed by atoms with Crippen LogP contribution in [-0.2, 0) is 32.6 Å². The van der Waals surface area contributed by atoms with E-state index in [4.69, 9.17) is 0 Å². The zero-order valence-electron chi connectivity index (χ0n) is 21.9. The third kappa shape index (κ3) is 6.98. The zero-order chi connectivity index (χ0) is 27.7. The number of carbonyl (C=O) groups is 2. The molecule has 0 saturated carbocycles.